The van der Waals surface area contributed by atoms with Crippen LogP contribution in [0.15, 0.2) is 17.0 Å². The minimum atomic E-state index is -1.41. The lowest BCUT2D eigenvalue weighted by atomic mass is 9.78. The summed E-state index contributed by atoms with van der Waals surface area (Å²) in [7, 11) is -0.723. The molecule has 1 fully saturated rings. The van der Waals surface area contributed by atoms with Crippen molar-refractivity contribution in [2.24, 2.45) is 0 Å². The lowest BCUT2D eigenvalue weighted by Gasteiger charge is -2.32. The first-order valence-corrected chi connectivity index (χ1v) is 8.27. The molecule has 1 aromatic carbocycles. The number of halogens is 1. The Kier molecular flexibility index (Phi) is 4.43. The highest BCUT2D eigenvalue weighted by atomic mass is 32.2. The van der Waals surface area contributed by atoms with Gasteiger partial charge in [-0.1, -0.05) is 0 Å². The van der Waals surface area contributed by atoms with E-state index in [9.17, 15) is 14.0 Å². The molecule has 2 rings (SSSR count). The number of hydrogen-bond acceptors (Lipinski definition) is 4. The van der Waals surface area contributed by atoms with Gasteiger partial charge in [0.15, 0.2) is 4.90 Å². The van der Waals surface area contributed by atoms with Gasteiger partial charge in [-0.25, -0.2) is 4.39 Å². The van der Waals surface area contributed by atoms with E-state index in [1.807, 2.05) is 27.7 Å². The van der Waals surface area contributed by atoms with Crippen LogP contribution in [0.5, 0.6) is 0 Å². The molecule has 0 aliphatic carbocycles. The van der Waals surface area contributed by atoms with Gasteiger partial charge in [0.1, 0.15) is 12.1 Å². The molecule has 0 aromatic heterocycles. The third-order valence-corrected chi connectivity index (χ3v) is 5.15. The number of benzene rings is 1. The monoisotopic (exact) mass is 314 g/mol. The van der Waals surface area contributed by atoms with Crippen LogP contribution < -0.4 is 5.46 Å². The highest BCUT2D eigenvalue weighted by Crippen LogP contribution is 2.36. The van der Waals surface area contributed by atoms with Crippen LogP contribution in [0.1, 0.15) is 33.3 Å². The van der Waals surface area contributed by atoms with E-state index in [1.165, 1.54) is 12.3 Å². The second-order valence-corrected chi connectivity index (χ2v) is 7.53. The molecule has 1 atom stereocenters. The summed E-state index contributed by atoms with van der Waals surface area (Å²) in [6.07, 6.45) is 1.45. The fourth-order valence-corrected chi connectivity index (χ4v) is 2.97. The minimum absolute atomic E-state index is 0.0519. The second-order valence-electron chi connectivity index (χ2n) is 6.18. The molecule has 1 saturated heterocycles. The molecule has 1 aliphatic rings. The molecule has 7 heteroatoms. The van der Waals surface area contributed by atoms with Crippen molar-refractivity contribution >= 4 is 23.8 Å². The van der Waals surface area contributed by atoms with Crippen molar-refractivity contribution in [1.82, 2.24) is 0 Å². The molecular weight excluding hydrogens is 294 g/mol. The van der Waals surface area contributed by atoms with Crippen molar-refractivity contribution in [2.45, 2.75) is 50.4 Å². The molecule has 1 aromatic rings. The number of rotatable bonds is 3. The molecule has 0 amide bonds. The standard InChI is InChI=1S/C14H20BFO4S/c1-13(2)14(3,4)20-15(19-13)9-6-11(16)10(8-17)12(7-9)21(5)18/h6-7,17H,8H2,1-5H3. The molecule has 0 spiro atoms. The maximum absolute atomic E-state index is 14.1. The molecule has 4 nitrogen and oxygen atoms in total. The Balaban J connectivity index is 2.43. The van der Waals surface area contributed by atoms with Crippen LogP contribution in [0.3, 0.4) is 0 Å². The van der Waals surface area contributed by atoms with E-state index < -0.39 is 41.9 Å². The van der Waals surface area contributed by atoms with Gasteiger partial charge in [0, 0.05) is 0 Å². The molecule has 1 heterocycles. The maximum atomic E-state index is 14.1. The van der Waals surface area contributed by atoms with Crippen LogP contribution in [0.25, 0.3) is 0 Å². The summed E-state index contributed by atoms with van der Waals surface area (Å²) < 4.78 is 37.6. The average molecular weight is 314 g/mol. The van der Waals surface area contributed by atoms with E-state index in [1.54, 1.807) is 6.07 Å². The van der Waals surface area contributed by atoms with Gasteiger partial charge in [-0.05, 0) is 56.5 Å². The Bertz CT molecular complexity index is 532. The lowest BCUT2D eigenvalue weighted by Crippen LogP contribution is -2.41. The van der Waals surface area contributed by atoms with Crippen molar-refractivity contribution in [1.29, 1.82) is 0 Å². The third kappa shape index (κ3) is 2.98. The summed E-state index contributed by atoms with van der Waals surface area (Å²) in [5.74, 6) is -0.602. The Morgan fingerprint density at radius 3 is 2.19 bits per heavy atom. The van der Waals surface area contributed by atoms with E-state index in [0.29, 0.717) is 5.46 Å². The van der Waals surface area contributed by atoms with E-state index in [2.05, 4.69) is 0 Å². The fraction of sp³-hybridized carbons (Fsp3) is 0.571. The molecule has 0 saturated carbocycles. The van der Waals surface area contributed by atoms with E-state index in [0.717, 1.165) is 0 Å². The number of aliphatic hydroxyl groups is 1. The van der Waals surface area contributed by atoms with Gasteiger partial charge >= 0.3 is 7.12 Å². The molecule has 1 N–H and O–H groups in total. The predicted molar refractivity (Wildman–Crippen MR) is 80.4 cm³/mol. The van der Waals surface area contributed by atoms with Gasteiger partial charge in [-0.3, -0.25) is 0 Å². The Labute approximate surface area is 128 Å². The zero-order chi connectivity index (χ0) is 16.0. The molecular formula is C14H20BFO4S. The lowest BCUT2D eigenvalue weighted by molar-refractivity contribution is 0.00578. The molecule has 1 unspecified atom stereocenters. The molecule has 0 bridgehead atoms. The van der Waals surface area contributed by atoms with E-state index >= 15 is 0 Å². The first kappa shape index (κ1) is 16.8. The van der Waals surface area contributed by atoms with Crippen LogP contribution in [0.4, 0.5) is 4.39 Å². The van der Waals surface area contributed by atoms with Gasteiger partial charge < -0.3 is 19.0 Å². The van der Waals surface area contributed by atoms with Crippen LogP contribution in [-0.2, 0) is 27.1 Å². The topological polar surface area (TPSA) is 61.8 Å². The van der Waals surface area contributed by atoms with E-state index in [4.69, 9.17) is 9.31 Å². The van der Waals surface area contributed by atoms with Gasteiger partial charge in [-0.2, -0.15) is 0 Å². The van der Waals surface area contributed by atoms with E-state index in [-0.39, 0.29) is 10.5 Å². The smallest absolute Gasteiger partial charge is 0.495 e. The van der Waals surface area contributed by atoms with Crippen LogP contribution in [-0.4, -0.2) is 34.2 Å². The summed E-state index contributed by atoms with van der Waals surface area (Å²) in [5, 5.41) is 9.23. The summed E-state index contributed by atoms with van der Waals surface area (Å²) in [6.45, 7) is 7.13. The largest absolute Gasteiger partial charge is 0.612 e. The zero-order valence-corrected chi connectivity index (χ0v) is 13.7. The van der Waals surface area contributed by atoms with Gasteiger partial charge in [-0.15, -0.1) is 0 Å². The normalized spacial score (nSPS) is 21.6. The van der Waals surface area contributed by atoms with Crippen LogP contribution in [0, 0.1) is 5.82 Å². The Morgan fingerprint density at radius 2 is 1.76 bits per heavy atom. The number of hydrogen-bond donors (Lipinski definition) is 1. The van der Waals surface area contributed by atoms with Crippen molar-refractivity contribution in [2.75, 3.05) is 6.26 Å². The molecule has 1 aliphatic heterocycles. The molecule has 116 valence electrons. The zero-order valence-electron chi connectivity index (χ0n) is 12.9. The Morgan fingerprint density at radius 1 is 1.24 bits per heavy atom. The second kappa shape index (κ2) is 5.55. The predicted octanol–water partition coefficient (Wildman–Crippen LogP) is 1.35. The van der Waals surface area contributed by atoms with Crippen molar-refractivity contribution in [3.63, 3.8) is 0 Å². The van der Waals surface area contributed by atoms with Crippen LogP contribution >= 0.6 is 0 Å². The quantitative estimate of drug-likeness (QED) is 0.676. The summed E-state index contributed by atoms with van der Waals surface area (Å²) in [6, 6.07) is 2.84. The van der Waals surface area contributed by atoms with Crippen molar-refractivity contribution in [3.8, 4) is 0 Å². The highest BCUT2D eigenvalue weighted by Gasteiger charge is 2.52. The summed E-state index contributed by atoms with van der Waals surface area (Å²) in [4.78, 5) is 0.266. The summed E-state index contributed by atoms with van der Waals surface area (Å²) in [5.41, 5.74) is -0.547. The first-order valence-electron chi connectivity index (χ1n) is 6.71. The molecule has 21 heavy (non-hydrogen) atoms. The Hall–Kier alpha value is -0.595. The minimum Gasteiger partial charge on any atom is -0.612 e. The van der Waals surface area contributed by atoms with Gasteiger partial charge in [0.05, 0.1) is 23.4 Å². The number of aliphatic hydroxyl groups excluding tert-OH is 1. The van der Waals surface area contributed by atoms with Gasteiger partial charge in [0.2, 0.25) is 0 Å². The average Bonchev–Trinajstić information content (AvgIpc) is 2.57. The van der Waals surface area contributed by atoms with Crippen molar-refractivity contribution in [3.05, 3.63) is 23.5 Å². The highest BCUT2D eigenvalue weighted by molar-refractivity contribution is 7.90. The van der Waals surface area contributed by atoms with Crippen molar-refractivity contribution < 1.29 is 23.4 Å². The maximum Gasteiger partial charge on any atom is 0.495 e. The molecule has 0 radical (unpaired) electrons. The third-order valence-electron chi connectivity index (χ3n) is 4.17. The SMILES string of the molecule is C[S+]([O-])c1cc(B2OC(C)(C)C(C)(C)O2)cc(F)c1CO. The summed E-state index contributed by atoms with van der Waals surface area (Å²) >= 11 is -1.41. The van der Waals surface area contributed by atoms with Crippen LogP contribution in [0.2, 0.25) is 0 Å². The fourth-order valence-electron chi connectivity index (χ4n) is 2.16. The van der Waals surface area contributed by atoms with Gasteiger partial charge in [0.25, 0.3) is 0 Å². The first-order chi connectivity index (χ1) is 9.59.